The zero-order valence-electron chi connectivity index (χ0n) is 13.7. The van der Waals surface area contributed by atoms with E-state index in [1.54, 1.807) is 11.8 Å². The van der Waals surface area contributed by atoms with Crippen molar-refractivity contribution in [2.45, 2.75) is 60.6 Å². The molecule has 2 N–H and O–H groups in total. The van der Waals surface area contributed by atoms with Gasteiger partial charge in [0.05, 0.1) is 0 Å². The van der Waals surface area contributed by atoms with Crippen LogP contribution < -0.4 is 5.73 Å². The van der Waals surface area contributed by atoms with Gasteiger partial charge in [0.2, 0.25) is 0 Å². The van der Waals surface area contributed by atoms with Crippen molar-refractivity contribution in [3.05, 3.63) is 0 Å². The third kappa shape index (κ3) is 3.98. The second kappa shape index (κ2) is 8.10. The summed E-state index contributed by atoms with van der Waals surface area (Å²) in [5.41, 5.74) is 7.52. The van der Waals surface area contributed by atoms with Gasteiger partial charge in [-0.15, -0.1) is 0 Å². The summed E-state index contributed by atoms with van der Waals surface area (Å²) < 4.78 is 3.47. The minimum atomic E-state index is 0.419. The summed E-state index contributed by atoms with van der Waals surface area (Å²) in [6.07, 6.45) is 7.56. The van der Waals surface area contributed by atoms with Crippen LogP contribution in [0.15, 0.2) is 5.16 Å². The molecule has 121 valence electrons. The molecule has 23 heavy (non-hydrogen) atoms. The van der Waals surface area contributed by atoms with E-state index in [-0.39, 0.29) is 0 Å². The standard InChI is InChI=1S/C15H23N6S.Hg/c1-3-5-10-6-7-11(9-10)21-14-12(19-20-21)13(16)17-15(18-14)22-8-4-2;/h10-11H,1,3-9H2,2H3,(H2,16,17,18);. The second-order valence-corrected chi connectivity index (χ2v) is 10.1. The van der Waals surface area contributed by atoms with Crippen LogP contribution in [0.3, 0.4) is 0 Å². The Morgan fingerprint density at radius 3 is 3.00 bits per heavy atom. The quantitative estimate of drug-likeness (QED) is 0.343. The molecule has 2 atom stereocenters. The number of hydrogen-bond acceptors (Lipinski definition) is 6. The van der Waals surface area contributed by atoms with Crippen LogP contribution in [0.4, 0.5) is 5.82 Å². The summed E-state index contributed by atoms with van der Waals surface area (Å²) in [6, 6.07) is 0.419. The fourth-order valence-electron chi connectivity index (χ4n) is 3.30. The van der Waals surface area contributed by atoms with E-state index < -0.39 is 0 Å². The maximum atomic E-state index is 6.06. The third-order valence-corrected chi connectivity index (χ3v) is 7.48. The Balaban J connectivity index is 1.82. The van der Waals surface area contributed by atoms with E-state index in [4.69, 9.17) is 5.73 Å². The van der Waals surface area contributed by atoms with Crippen LogP contribution >= 0.6 is 11.8 Å². The molecule has 0 aromatic carbocycles. The predicted molar refractivity (Wildman–Crippen MR) is 89.0 cm³/mol. The maximum absolute atomic E-state index is 6.06. The fourth-order valence-corrected chi connectivity index (χ4v) is 5.12. The Hall–Kier alpha value is -0.435. The van der Waals surface area contributed by atoms with Gasteiger partial charge in [0.1, 0.15) is 0 Å². The number of aromatic nitrogens is 5. The van der Waals surface area contributed by atoms with E-state index in [1.807, 2.05) is 4.68 Å². The van der Waals surface area contributed by atoms with Crippen LogP contribution in [-0.4, -0.2) is 30.7 Å². The monoisotopic (exact) mass is 521 g/mol. The molecule has 8 heteroatoms. The molecule has 1 aliphatic carbocycles. The molecule has 0 amide bonds. The number of rotatable bonds is 7. The van der Waals surface area contributed by atoms with Gasteiger partial charge >= 0.3 is 144 Å². The van der Waals surface area contributed by atoms with Crippen molar-refractivity contribution < 1.29 is 26.1 Å². The first-order chi connectivity index (χ1) is 11.2. The number of nitrogen functional groups attached to an aromatic ring is 1. The van der Waals surface area contributed by atoms with Crippen LogP contribution in [-0.2, 0) is 26.1 Å². The fraction of sp³-hybridized carbons (Fsp3) is 0.733. The Kier molecular flexibility index (Phi) is 6.12. The van der Waals surface area contributed by atoms with Crippen molar-refractivity contribution in [2.24, 2.45) is 5.92 Å². The molecule has 0 spiro atoms. The normalized spacial score (nSPS) is 21.3. The Bertz CT molecular complexity index is 661. The molecule has 0 saturated heterocycles. The molecule has 1 fully saturated rings. The van der Waals surface area contributed by atoms with Gasteiger partial charge in [0.15, 0.2) is 0 Å². The first-order valence-electron chi connectivity index (χ1n) is 8.53. The minimum absolute atomic E-state index is 0.419. The number of nitrogens with two attached hydrogens (primary N) is 1. The topological polar surface area (TPSA) is 82.5 Å². The molecule has 0 radical (unpaired) electrons. The summed E-state index contributed by atoms with van der Waals surface area (Å²) in [5, 5.41) is 9.34. The average molecular weight is 520 g/mol. The van der Waals surface area contributed by atoms with Gasteiger partial charge < -0.3 is 0 Å². The zero-order chi connectivity index (χ0) is 16.2. The first-order valence-corrected chi connectivity index (χ1v) is 13.4. The Morgan fingerprint density at radius 2 is 2.22 bits per heavy atom. The molecular formula is C15H23HgN6S. The Labute approximate surface area is 157 Å². The van der Waals surface area contributed by atoms with Crippen molar-refractivity contribution in [3.8, 4) is 0 Å². The molecule has 2 aromatic heterocycles. The van der Waals surface area contributed by atoms with Gasteiger partial charge in [0.25, 0.3) is 0 Å². The molecule has 6 nitrogen and oxygen atoms in total. The first kappa shape index (κ1) is 17.4. The third-order valence-electron chi connectivity index (χ3n) is 4.49. The Morgan fingerprint density at radius 1 is 1.35 bits per heavy atom. The van der Waals surface area contributed by atoms with Crippen molar-refractivity contribution in [2.75, 3.05) is 11.5 Å². The second-order valence-electron chi connectivity index (χ2n) is 6.27. The summed E-state index contributed by atoms with van der Waals surface area (Å²) in [6.45, 7) is 2.15. The SMILES string of the molecule is CCCSc1nc(N)c2nnn(C3CCC(CC[CH2][Hg])C3)c2n1. The van der Waals surface area contributed by atoms with E-state index in [9.17, 15) is 0 Å². The van der Waals surface area contributed by atoms with Crippen molar-refractivity contribution in [1.82, 2.24) is 25.0 Å². The van der Waals surface area contributed by atoms with Gasteiger partial charge in [-0.2, -0.15) is 0 Å². The van der Waals surface area contributed by atoms with Crippen LogP contribution in [0.5, 0.6) is 0 Å². The van der Waals surface area contributed by atoms with E-state index in [2.05, 4.69) is 27.2 Å². The van der Waals surface area contributed by atoms with Crippen LogP contribution in [0.25, 0.3) is 11.2 Å². The van der Waals surface area contributed by atoms with E-state index in [0.29, 0.717) is 17.4 Å². The van der Waals surface area contributed by atoms with Gasteiger partial charge in [-0.05, 0) is 6.42 Å². The van der Waals surface area contributed by atoms with Gasteiger partial charge in [-0.25, -0.2) is 0 Å². The molecule has 2 unspecified atom stereocenters. The van der Waals surface area contributed by atoms with E-state index in [1.165, 1.54) is 36.0 Å². The number of hydrogen-bond donors (Lipinski definition) is 1. The molecule has 0 aliphatic heterocycles. The molecule has 3 rings (SSSR count). The van der Waals surface area contributed by atoms with Crippen LogP contribution in [0.1, 0.15) is 51.5 Å². The van der Waals surface area contributed by atoms with E-state index >= 15 is 0 Å². The molecule has 0 bridgehead atoms. The number of nitrogens with zero attached hydrogens (tertiary/aromatic N) is 5. The van der Waals surface area contributed by atoms with Gasteiger partial charge in [0, 0.05) is 0 Å². The molecule has 1 saturated carbocycles. The molecular weight excluding hydrogens is 497 g/mol. The van der Waals surface area contributed by atoms with Crippen molar-refractivity contribution in [1.29, 1.82) is 0 Å². The van der Waals surface area contributed by atoms with Gasteiger partial charge in [-0.1, -0.05) is 6.92 Å². The number of thioether (sulfide) groups is 1. The molecule has 2 aromatic rings. The van der Waals surface area contributed by atoms with Gasteiger partial charge in [-0.3, -0.25) is 0 Å². The van der Waals surface area contributed by atoms with Crippen LogP contribution in [0, 0.1) is 5.92 Å². The molecule has 1 aliphatic rings. The van der Waals surface area contributed by atoms with Crippen molar-refractivity contribution in [3.63, 3.8) is 0 Å². The summed E-state index contributed by atoms with van der Waals surface area (Å²) in [7, 11) is 0. The summed E-state index contributed by atoms with van der Waals surface area (Å²) >= 11 is 2.60. The van der Waals surface area contributed by atoms with Crippen LogP contribution in [0.2, 0.25) is 3.93 Å². The summed E-state index contributed by atoms with van der Waals surface area (Å²) in [4.78, 5) is 9.04. The predicted octanol–water partition coefficient (Wildman–Crippen LogP) is 3.39. The van der Waals surface area contributed by atoms with Crippen molar-refractivity contribution >= 4 is 28.7 Å². The summed E-state index contributed by atoms with van der Waals surface area (Å²) in [5.74, 6) is 2.29. The zero-order valence-corrected chi connectivity index (χ0v) is 20.1. The number of fused-ring (bicyclic) bond motifs is 1. The average Bonchev–Trinajstić information content (AvgIpc) is 3.17. The number of anilines is 1. The molecule has 2 heterocycles. The van der Waals surface area contributed by atoms with E-state index in [0.717, 1.165) is 55.0 Å².